The maximum Gasteiger partial charge on any atom is 0.219 e. The van der Waals surface area contributed by atoms with Crippen LogP contribution in [0.1, 0.15) is 11.3 Å². The van der Waals surface area contributed by atoms with Gasteiger partial charge in [-0.15, -0.1) is 0 Å². The number of aliphatic hydroxyl groups excluding tert-OH is 1. The Bertz CT molecular complexity index is 575. The molecule has 1 N–H and O–H groups in total. The molecule has 0 aliphatic rings. The van der Waals surface area contributed by atoms with Crippen molar-refractivity contribution in [1.29, 1.82) is 0 Å². The third-order valence-electron chi connectivity index (χ3n) is 2.39. The topological polar surface area (TPSA) is 42.4 Å². The predicted molar refractivity (Wildman–Crippen MR) is 74.1 cm³/mol. The molecule has 0 aliphatic heterocycles. The van der Waals surface area contributed by atoms with Gasteiger partial charge in [-0.2, -0.15) is 0 Å². The lowest BCUT2D eigenvalue weighted by Gasteiger charge is -2.08. The summed E-state index contributed by atoms with van der Waals surface area (Å²) in [5, 5.41) is 9.51. The lowest BCUT2D eigenvalue weighted by atomic mass is 10.2. The molecule has 0 unspecified atom stereocenters. The molecule has 3 nitrogen and oxygen atoms in total. The molecule has 94 valence electrons. The Morgan fingerprint density at radius 2 is 2.11 bits per heavy atom. The summed E-state index contributed by atoms with van der Waals surface area (Å²) in [4.78, 5) is 4.12. The van der Waals surface area contributed by atoms with Crippen molar-refractivity contribution in [2.24, 2.45) is 0 Å². The Morgan fingerprint density at radius 3 is 2.78 bits per heavy atom. The minimum absolute atomic E-state index is 0.213. The standard InChI is InChI=1S/C13H11BrClNO2/c1-8-6-9(2-3-10(8)14)18-13-5-4-11(15)12(7-17)16-13/h2-6,17H,7H2,1H3. The van der Waals surface area contributed by atoms with Gasteiger partial charge in [0.05, 0.1) is 17.3 Å². The number of hydrogen-bond donors (Lipinski definition) is 1. The first-order valence-electron chi connectivity index (χ1n) is 5.30. The fraction of sp³-hybridized carbons (Fsp3) is 0.154. The summed E-state index contributed by atoms with van der Waals surface area (Å²) in [5.41, 5.74) is 1.48. The van der Waals surface area contributed by atoms with E-state index in [0.29, 0.717) is 22.3 Å². The Kier molecular flexibility index (Phi) is 4.22. The van der Waals surface area contributed by atoms with Crippen LogP contribution in [0.2, 0.25) is 5.02 Å². The first kappa shape index (κ1) is 13.3. The number of aryl methyl sites for hydroxylation is 1. The molecule has 1 aromatic carbocycles. The Balaban J connectivity index is 2.25. The third kappa shape index (κ3) is 3.02. The molecule has 0 saturated carbocycles. The number of hydrogen-bond acceptors (Lipinski definition) is 3. The van der Waals surface area contributed by atoms with E-state index in [1.807, 2.05) is 25.1 Å². The van der Waals surface area contributed by atoms with Gasteiger partial charge in [-0.3, -0.25) is 0 Å². The molecule has 0 spiro atoms. The van der Waals surface area contributed by atoms with E-state index < -0.39 is 0 Å². The number of halogens is 2. The largest absolute Gasteiger partial charge is 0.439 e. The quantitative estimate of drug-likeness (QED) is 0.922. The summed E-state index contributed by atoms with van der Waals surface area (Å²) in [5.74, 6) is 1.10. The molecule has 0 aliphatic carbocycles. The van der Waals surface area contributed by atoms with Crippen LogP contribution in [-0.2, 0) is 6.61 Å². The molecular formula is C13H11BrClNO2. The highest BCUT2D eigenvalue weighted by Gasteiger charge is 2.05. The van der Waals surface area contributed by atoms with Crippen LogP contribution in [0, 0.1) is 6.92 Å². The summed E-state index contributed by atoms with van der Waals surface area (Å²) in [6.45, 7) is 1.76. The molecule has 0 amide bonds. The third-order valence-corrected chi connectivity index (χ3v) is 3.63. The number of ether oxygens (including phenoxy) is 1. The highest BCUT2D eigenvalue weighted by molar-refractivity contribution is 9.10. The average molecular weight is 329 g/mol. The van der Waals surface area contributed by atoms with Crippen LogP contribution in [-0.4, -0.2) is 10.1 Å². The predicted octanol–water partition coefficient (Wildman–Crippen LogP) is 4.09. The average Bonchev–Trinajstić information content (AvgIpc) is 2.36. The van der Waals surface area contributed by atoms with Crippen molar-refractivity contribution >= 4 is 27.5 Å². The number of aromatic nitrogens is 1. The van der Waals surface area contributed by atoms with Gasteiger partial charge in [0.1, 0.15) is 5.75 Å². The van der Waals surface area contributed by atoms with E-state index >= 15 is 0 Å². The normalized spacial score (nSPS) is 10.4. The minimum atomic E-state index is -0.213. The molecule has 2 rings (SSSR count). The van der Waals surface area contributed by atoms with Crippen molar-refractivity contribution in [2.75, 3.05) is 0 Å². The molecule has 0 radical (unpaired) electrons. The second-order valence-corrected chi connectivity index (χ2v) is 5.01. The highest BCUT2D eigenvalue weighted by Crippen LogP contribution is 2.26. The summed E-state index contributed by atoms with van der Waals surface area (Å²) in [7, 11) is 0. The second-order valence-electron chi connectivity index (χ2n) is 3.75. The number of nitrogens with zero attached hydrogens (tertiary/aromatic N) is 1. The first-order chi connectivity index (χ1) is 8.60. The number of aliphatic hydroxyl groups is 1. The van der Waals surface area contributed by atoms with Crippen molar-refractivity contribution in [2.45, 2.75) is 13.5 Å². The summed E-state index contributed by atoms with van der Waals surface area (Å²) >= 11 is 9.29. The van der Waals surface area contributed by atoms with Crippen molar-refractivity contribution in [3.8, 4) is 11.6 Å². The molecule has 0 bridgehead atoms. The lowest BCUT2D eigenvalue weighted by molar-refractivity contribution is 0.275. The Hall–Kier alpha value is -1.10. The van der Waals surface area contributed by atoms with Crippen LogP contribution in [0.4, 0.5) is 0 Å². The Morgan fingerprint density at radius 1 is 1.33 bits per heavy atom. The fourth-order valence-electron chi connectivity index (χ4n) is 1.43. The first-order valence-corrected chi connectivity index (χ1v) is 6.47. The van der Waals surface area contributed by atoms with Gasteiger partial charge in [0, 0.05) is 10.5 Å². The van der Waals surface area contributed by atoms with Crippen molar-refractivity contribution in [3.63, 3.8) is 0 Å². The van der Waals surface area contributed by atoms with Gasteiger partial charge >= 0.3 is 0 Å². The zero-order valence-electron chi connectivity index (χ0n) is 9.65. The van der Waals surface area contributed by atoms with Gasteiger partial charge in [-0.05, 0) is 36.8 Å². The highest BCUT2D eigenvalue weighted by atomic mass is 79.9. The minimum Gasteiger partial charge on any atom is -0.439 e. The molecule has 2 aromatic rings. The van der Waals surface area contributed by atoms with Crippen LogP contribution in [0.15, 0.2) is 34.8 Å². The van der Waals surface area contributed by atoms with E-state index in [0.717, 1.165) is 10.0 Å². The summed E-state index contributed by atoms with van der Waals surface area (Å²) in [6, 6.07) is 8.97. The molecule has 1 heterocycles. The van der Waals surface area contributed by atoms with E-state index in [4.69, 9.17) is 21.4 Å². The number of benzene rings is 1. The van der Waals surface area contributed by atoms with E-state index in [1.165, 1.54) is 0 Å². The van der Waals surface area contributed by atoms with Crippen molar-refractivity contribution < 1.29 is 9.84 Å². The maximum absolute atomic E-state index is 9.08. The zero-order valence-corrected chi connectivity index (χ0v) is 12.0. The fourth-order valence-corrected chi connectivity index (χ4v) is 1.85. The molecule has 1 aromatic heterocycles. The van der Waals surface area contributed by atoms with E-state index in [-0.39, 0.29) is 6.61 Å². The summed E-state index contributed by atoms with van der Waals surface area (Å²) in [6.07, 6.45) is 0. The number of pyridine rings is 1. The molecule has 5 heteroatoms. The smallest absolute Gasteiger partial charge is 0.219 e. The molecule has 18 heavy (non-hydrogen) atoms. The van der Waals surface area contributed by atoms with E-state index in [2.05, 4.69) is 20.9 Å². The molecule has 0 atom stereocenters. The Labute approximate surface area is 119 Å². The van der Waals surface area contributed by atoms with Gasteiger partial charge in [0.15, 0.2) is 0 Å². The molecule has 0 saturated heterocycles. The SMILES string of the molecule is Cc1cc(Oc2ccc(Cl)c(CO)n2)ccc1Br. The van der Waals surface area contributed by atoms with Gasteiger partial charge in [-0.25, -0.2) is 4.98 Å². The second kappa shape index (κ2) is 5.69. The van der Waals surface area contributed by atoms with Crippen LogP contribution in [0.3, 0.4) is 0 Å². The van der Waals surface area contributed by atoms with Crippen molar-refractivity contribution in [1.82, 2.24) is 4.98 Å². The van der Waals surface area contributed by atoms with Gasteiger partial charge < -0.3 is 9.84 Å². The zero-order chi connectivity index (χ0) is 13.1. The monoisotopic (exact) mass is 327 g/mol. The van der Waals surface area contributed by atoms with Crippen LogP contribution in [0.25, 0.3) is 0 Å². The maximum atomic E-state index is 9.08. The van der Waals surface area contributed by atoms with Crippen molar-refractivity contribution in [3.05, 3.63) is 51.1 Å². The molecule has 0 fully saturated rings. The van der Waals surface area contributed by atoms with Gasteiger partial charge in [0.2, 0.25) is 5.88 Å². The van der Waals surface area contributed by atoms with Crippen LogP contribution in [0.5, 0.6) is 11.6 Å². The van der Waals surface area contributed by atoms with E-state index in [1.54, 1.807) is 12.1 Å². The molecular weight excluding hydrogens is 318 g/mol. The lowest BCUT2D eigenvalue weighted by Crippen LogP contribution is -1.94. The van der Waals surface area contributed by atoms with Gasteiger partial charge in [-0.1, -0.05) is 27.5 Å². The van der Waals surface area contributed by atoms with Gasteiger partial charge in [0.25, 0.3) is 0 Å². The van der Waals surface area contributed by atoms with Crippen LogP contribution >= 0.6 is 27.5 Å². The number of rotatable bonds is 3. The van der Waals surface area contributed by atoms with E-state index in [9.17, 15) is 0 Å². The summed E-state index contributed by atoms with van der Waals surface area (Å²) < 4.78 is 6.63. The van der Waals surface area contributed by atoms with Crippen LogP contribution < -0.4 is 4.74 Å².